The molecule has 1 aromatic heterocycles. The maximum Gasteiger partial charge on any atom is 0.254 e. The van der Waals surface area contributed by atoms with Gasteiger partial charge in [0.25, 0.3) is 5.91 Å². The van der Waals surface area contributed by atoms with Gasteiger partial charge in [-0.05, 0) is 6.07 Å². The Bertz CT molecular complexity index is 344. The molecule has 0 unspecified atom stereocenters. The topological polar surface area (TPSA) is 71.3 Å². The molecule has 0 spiro atoms. The molecule has 5 heteroatoms. The van der Waals surface area contributed by atoms with E-state index < -0.39 is 0 Å². The monoisotopic (exact) mass is 208 g/mol. The predicted molar refractivity (Wildman–Crippen MR) is 54.2 cm³/mol. The van der Waals surface area contributed by atoms with E-state index in [1.807, 2.05) is 0 Å². The van der Waals surface area contributed by atoms with Crippen molar-refractivity contribution in [3.8, 4) is 0 Å². The fourth-order valence-electron chi connectivity index (χ4n) is 0.905. The molecule has 0 atom stereocenters. The SMILES string of the molecule is C=CCNC(=O)CNC(=O)c1ccoc1. The van der Waals surface area contributed by atoms with Gasteiger partial charge in [-0.15, -0.1) is 6.58 Å². The number of rotatable bonds is 5. The highest BCUT2D eigenvalue weighted by Crippen LogP contribution is 1.98. The Balaban J connectivity index is 2.28. The Kier molecular flexibility index (Phi) is 4.15. The molecular formula is C10H12N2O3. The highest BCUT2D eigenvalue weighted by atomic mass is 16.3. The van der Waals surface area contributed by atoms with Crippen molar-refractivity contribution < 1.29 is 14.0 Å². The predicted octanol–water partition coefficient (Wildman–Crippen LogP) is 0.312. The molecule has 0 aliphatic rings. The molecule has 5 nitrogen and oxygen atoms in total. The fourth-order valence-corrected chi connectivity index (χ4v) is 0.905. The van der Waals surface area contributed by atoms with E-state index in [2.05, 4.69) is 17.2 Å². The van der Waals surface area contributed by atoms with E-state index in [0.717, 1.165) is 0 Å². The zero-order valence-electron chi connectivity index (χ0n) is 8.16. The van der Waals surface area contributed by atoms with Gasteiger partial charge in [0.05, 0.1) is 18.4 Å². The molecule has 0 saturated carbocycles. The third kappa shape index (κ3) is 3.68. The van der Waals surface area contributed by atoms with Crippen LogP contribution in [0.15, 0.2) is 35.7 Å². The molecular weight excluding hydrogens is 196 g/mol. The van der Waals surface area contributed by atoms with Crippen LogP contribution < -0.4 is 10.6 Å². The summed E-state index contributed by atoms with van der Waals surface area (Å²) in [6.45, 7) is 3.79. The summed E-state index contributed by atoms with van der Waals surface area (Å²) < 4.78 is 4.73. The van der Waals surface area contributed by atoms with E-state index in [-0.39, 0.29) is 18.4 Å². The van der Waals surface area contributed by atoms with Gasteiger partial charge in [0.15, 0.2) is 0 Å². The Labute approximate surface area is 87.1 Å². The van der Waals surface area contributed by atoms with Gasteiger partial charge in [0.1, 0.15) is 6.26 Å². The summed E-state index contributed by atoms with van der Waals surface area (Å²) >= 11 is 0. The molecule has 15 heavy (non-hydrogen) atoms. The van der Waals surface area contributed by atoms with Crippen molar-refractivity contribution in [2.45, 2.75) is 0 Å². The summed E-state index contributed by atoms with van der Waals surface area (Å²) in [4.78, 5) is 22.4. The molecule has 2 N–H and O–H groups in total. The van der Waals surface area contributed by atoms with Crippen LogP contribution >= 0.6 is 0 Å². The molecule has 80 valence electrons. The molecule has 0 radical (unpaired) electrons. The van der Waals surface area contributed by atoms with Gasteiger partial charge < -0.3 is 15.1 Å². The standard InChI is InChI=1S/C10H12N2O3/c1-2-4-11-9(13)6-12-10(14)8-3-5-15-7-8/h2-3,5,7H,1,4,6H2,(H,11,13)(H,12,14). The van der Waals surface area contributed by atoms with Crippen LogP contribution in [0.2, 0.25) is 0 Å². The summed E-state index contributed by atoms with van der Waals surface area (Å²) in [5.41, 5.74) is 0.395. The maximum atomic E-state index is 11.3. The lowest BCUT2D eigenvalue weighted by Gasteiger charge is -2.03. The molecule has 0 aromatic carbocycles. The van der Waals surface area contributed by atoms with E-state index in [4.69, 9.17) is 4.42 Å². The molecule has 1 rings (SSSR count). The number of nitrogens with one attached hydrogen (secondary N) is 2. The molecule has 0 fully saturated rings. The van der Waals surface area contributed by atoms with Crippen LogP contribution in [-0.2, 0) is 4.79 Å². The van der Waals surface area contributed by atoms with Crippen molar-refractivity contribution in [2.24, 2.45) is 0 Å². The minimum atomic E-state index is -0.336. The van der Waals surface area contributed by atoms with Gasteiger partial charge in [-0.1, -0.05) is 6.08 Å². The first-order valence-corrected chi connectivity index (χ1v) is 4.42. The zero-order valence-corrected chi connectivity index (χ0v) is 8.16. The molecule has 0 bridgehead atoms. The average Bonchev–Trinajstić information content (AvgIpc) is 2.76. The van der Waals surface area contributed by atoms with Crippen LogP contribution in [0, 0.1) is 0 Å². The van der Waals surface area contributed by atoms with Crippen LogP contribution in [-0.4, -0.2) is 24.9 Å². The highest BCUT2D eigenvalue weighted by Gasteiger charge is 2.07. The van der Waals surface area contributed by atoms with Crippen molar-refractivity contribution >= 4 is 11.8 Å². The van der Waals surface area contributed by atoms with Crippen LogP contribution in [0.5, 0.6) is 0 Å². The van der Waals surface area contributed by atoms with Gasteiger partial charge in [0, 0.05) is 6.54 Å². The van der Waals surface area contributed by atoms with Crippen molar-refractivity contribution in [1.29, 1.82) is 0 Å². The van der Waals surface area contributed by atoms with E-state index in [9.17, 15) is 9.59 Å². The average molecular weight is 208 g/mol. The normalized spacial score (nSPS) is 9.33. The van der Waals surface area contributed by atoms with Crippen LogP contribution in [0.25, 0.3) is 0 Å². The Morgan fingerprint density at radius 3 is 2.87 bits per heavy atom. The summed E-state index contributed by atoms with van der Waals surface area (Å²) in [7, 11) is 0. The number of furan rings is 1. The lowest BCUT2D eigenvalue weighted by Crippen LogP contribution is -2.36. The highest BCUT2D eigenvalue weighted by molar-refractivity contribution is 5.96. The van der Waals surface area contributed by atoms with Crippen LogP contribution in [0.4, 0.5) is 0 Å². The number of carbonyl (C=O) groups is 2. The molecule has 0 aliphatic heterocycles. The molecule has 1 heterocycles. The Morgan fingerprint density at radius 1 is 1.47 bits per heavy atom. The molecule has 0 saturated heterocycles. The maximum absolute atomic E-state index is 11.3. The minimum absolute atomic E-state index is 0.0577. The van der Waals surface area contributed by atoms with Crippen LogP contribution in [0.1, 0.15) is 10.4 Å². The van der Waals surface area contributed by atoms with E-state index in [1.165, 1.54) is 18.6 Å². The van der Waals surface area contributed by atoms with Crippen molar-refractivity contribution in [3.05, 3.63) is 36.8 Å². The fraction of sp³-hybridized carbons (Fsp3) is 0.200. The number of carbonyl (C=O) groups excluding carboxylic acids is 2. The Morgan fingerprint density at radius 2 is 2.27 bits per heavy atom. The third-order valence-corrected chi connectivity index (χ3v) is 1.64. The summed E-state index contributed by atoms with van der Waals surface area (Å²) in [6, 6.07) is 1.52. The number of hydrogen-bond donors (Lipinski definition) is 2. The molecule has 0 aliphatic carbocycles. The first-order valence-electron chi connectivity index (χ1n) is 4.42. The van der Waals surface area contributed by atoms with E-state index in [1.54, 1.807) is 6.08 Å². The second-order valence-electron chi connectivity index (χ2n) is 2.79. The molecule has 2 amide bonds. The third-order valence-electron chi connectivity index (χ3n) is 1.64. The van der Waals surface area contributed by atoms with Gasteiger partial charge >= 0.3 is 0 Å². The lowest BCUT2D eigenvalue weighted by molar-refractivity contribution is -0.119. The Hall–Kier alpha value is -2.04. The summed E-state index contributed by atoms with van der Waals surface area (Å²) in [5, 5.41) is 4.99. The number of amides is 2. The summed E-state index contributed by atoms with van der Waals surface area (Å²) in [6.07, 6.45) is 4.28. The van der Waals surface area contributed by atoms with E-state index >= 15 is 0 Å². The minimum Gasteiger partial charge on any atom is -0.472 e. The zero-order chi connectivity index (χ0) is 11.1. The quantitative estimate of drug-likeness (QED) is 0.684. The van der Waals surface area contributed by atoms with Crippen LogP contribution in [0.3, 0.4) is 0 Å². The first kappa shape index (κ1) is 11.0. The molecule has 1 aromatic rings. The van der Waals surface area contributed by atoms with Gasteiger partial charge in [-0.25, -0.2) is 0 Å². The van der Waals surface area contributed by atoms with Gasteiger partial charge in [-0.3, -0.25) is 9.59 Å². The summed E-state index contributed by atoms with van der Waals surface area (Å²) in [5.74, 6) is -0.593. The van der Waals surface area contributed by atoms with Crippen molar-refractivity contribution in [1.82, 2.24) is 10.6 Å². The van der Waals surface area contributed by atoms with Crippen molar-refractivity contribution in [2.75, 3.05) is 13.1 Å². The smallest absolute Gasteiger partial charge is 0.254 e. The second-order valence-corrected chi connectivity index (χ2v) is 2.79. The second kappa shape index (κ2) is 5.64. The number of hydrogen-bond acceptors (Lipinski definition) is 3. The first-order chi connectivity index (χ1) is 7.24. The lowest BCUT2D eigenvalue weighted by atomic mass is 10.3. The van der Waals surface area contributed by atoms with Crippen molar-refractivity contribution in [3.63, 3.8) is 0 Å². The van der Waals surface area contributed by atoms with Gasteiger partial charge in [-0.2, -0.15) is 0 Å². The largest absolute Gasteiger partial charge is 0.472 e. The van der Waals surface area contributed by atoms with Gasteiger partial charge in [0.2, 0.25) is 5.91 Å². The van der Waals surface area contributed by atoms with E-state index in [0.29, 0.717) is 12.1 Å².